The van der Waals surface area contributed by atoms with Crippen molar-refractivity contribution < 1.29 is 4.79 Å². The molecule has 8 heteroatoms. The summed E-state index contributed by atoms with van der Waals surface area (Å²) in [5.74, 6) is 1.87. The summed E-state index contributed by atoms with van der Waals surface area (Å²) in [6, 6.07) is 16.2. The second-order valence-corrected chi connectivity index (χ2v) is 9.52. The minimum Gasteiger partial charge on any atom is -0.353 e. The Morgan fingerprint density at radius 2 is 1.87 bits per heavy atom. The van der Waals surface area contributed by atoms with Gasteiger partial charge in [-0.3, -0.25) is 9.36 Å². The molecule has 4 rings (SSSR count). The van der Waals surface area contributed by atoms with Crippen LogP contribution in [0.25, 0.3) is 5.69 Å². The zero-order valence-corrected chi connectivity index (χ0v) is 19.4. The van der Waals surface area contributed by atoms with Gasteiger partial charge in [-0.25, -0.2) is 0 Å². The molecule has 0 bridgehead atoms. The number of nitrogens with zero attached hydrogens (tertiary/aromatic N) is 3. The molecule has 0 aliphatic heterocycles. The summed E-state index contributed by atoms with van der Waals surface area (Å²) in [6.45, 7) is 0. The Morgan fingerprint density at radius 3 is 2.61 bits per heavy atom. The summed E-state index contributed by atoms with van der Waals surface area (Å²) in [6.07, 6.45) is 5.29. The highest BCUT2D eigenvalue weighted by molar-refractivity contribution is 7.99. The fourth-order valence-electron chi connectivity index (χ4n) is 3.25. The van der Waals surface area contributed by atoms with Crippen LogP contribution in [0.2, 0.25) is 10.0 Å². The van der Waals surface area contributed by atoms with Crippen molar-refractivity contribution in [3.8, 4) is 5.69 Å². The largest absolute Gasteiger partial charge is 0.353 e. The van der Waals surface area contributed by atoms with Crippen molar-refractivity contribution in [1.29, 1.82) is 0 Å². The molecule has 1 aromatic heterocycles. The minimum absolute atomic E-state index is 0.164. The number of nitrogens with one attached hydrogen (secondary N) is 1. The first-order chi connectivity index (χ1) is 15.1. The summed E-state index contributed by atoms with van der Waals surface area (Å²) in [5.41, 5.74) is 2.05. The predicted octanol–water partition coefficient (Wildman–Crippen LogP) is 5.71. The highest BCUT2D eigenvalue weighted by Gasteiger charge is 2.22. The van der Waals surface area contributed by atoms with E-state index in [-0.39, 0.29) is 5.91 Å². The van der Waals surface area contributed by atoms with Gasteiger partial charge in [0.25, 0.3) is 0 Å². The van der Waals surface area contributed by atoms with E-state index in [4.69, 9.17) is 23.2 Å². The molecule has 5 nitrogen and oxygen atoms in total. The zero-order chi connectivity index (χ0) is 21.6. The van der Waals surface area contributed by atoms with Crippen LogP contribution in [-0.2, 0) is 11.2 Å². The zero-order valence-electron chi connectivity index (χ0n) is 17.1. The number of rotatable bonds is 10. The van der Waals surface area contributed by atoms with E-state index in [9.17, 15) is 4.79 Å². The van der Waals surface area contributed by atoms with Gasteiger partial charge in [0.05, 0.1) is 15.7 Å². The molecule has 31 heavy (non-hydrogen) atoms. The monoisotopic (exact) mass is 474 g/mol. The predicted molar refractivity (Wildman–Crippen MR) is 126 cm³/mol. The third-order valence-corrected chi connectivity index (χ3v) is 6.79. The first-order valence-electron chi connectivity index (χ1n) is 10.5. The number of hydrogen-bond donors (Lipinski definition) is 1. The van der Waals surface area contributed by atoms with E-state index in [1.807, 2.05) is 34.9 Å². The fraction of sp³-hybridized carbons (Fsp3) is 0.348. The summed E-state index contributed by atoms with van der Waals surface area (Å²) >= 11 is 14.0. The van der Waals surface area contributed by atoms with Gasteiger partial charge in [0.1, 0.15) is 5.82 Å². The average Bonchev–Trinajstić information content (AvgIpc) is 3.49. The van der Waals surface area contributed by atoms with E-state index < -0.39 is 0 Å². The van der Waals surface area contributed by atoms with Gasteiger partial charge in [-0.15, -0.1) is 10.2 Å². The van der Waals surface area contributed by atoms with E-state index in [0.29, 0.717) is 28.9 Å². The molecule has 0 atom stereocenters. The van der Waals surface area contributed by atoms with Crippen LogP contribution in [0.3, 0.4) is 0 Å². The lowest BCUT2D eigenvalue weighted by Gasteiger charge is -2.11. The van der Waals surface area contributed by atoms with E-state index in [0.717, 1.165) is 53.7 Å². The molecule has 0 unspecified atom stereocenters. The SMILES string of the molecule is O=C(CCCCSc1nnc(Cc2ccccc2)n1-c1ccc(Cl)c(Cl)c1)NC1CC1. The van der Waals surface area contributed by atoms with Gasteiger partial charge in [0.15, 0.2) is 5.16 Å². The summed E-state index contributed by atoms with van der Waals surface area (Å²) in [4.78, 5) is 11.8. The van der Waals surface area contributed by atoms with Crippen molar-refractivity contribution in [1.82, 2.24) is 20.1 Å². The summed E-state index contributed by atoms with van der Waals surface area (Å²) in [7, 11) is 0. The molecule has 0 saturated heterocycles. The number of carbonyl (C=O) groups is 1. The van der Waals surface area contributed by atoms with Crippen molar-refractivity contribution in [2.75, 3.05) is 5.75 Å². The Labute approximate surface area is 196 Å². The Morgan fingerprint density at radius 1 is 1.06 bits per heavy atom. The molecule has 2 aromatic carbocycles. The number of hydrogen-bond acceptors (Lipinski definition) is 4. The molecule has 3 aromatic rings. The van der Waals surface area contributed by atoms with Gasteiger partial charge in [-0.1, -0.05) is 65.3 Å². The molecule has 162 valence electrons. The number of amides is 1. The van der Waals surface area contributed by atoms with Gasteiger partial charge in [-0.2, -0.15) is 0 Å². The molecule has 1 saturated carbocycles. The van der Waals surface area contributed by atoms with E-state index >= 15 is 0 Å². The maximum atomic E-state index is 11.8. The van der Waals surface area contributed by atoms with E-state index in [1.165, 1.54) is 0 Å². The molecular formula is C23H24Cl2N4OS. The lowest BCUT2D eigenvalue weighted by Crippen LogP contribution is -2.24. The third-order valence-electron chi connectivity index (χ3n) is 5.04. The molecular weight excluding hydrogens is 451 g/mol. The number of halogens is 2. The van der Waals surface area contributed by atoms with Crippen LogP contribution in [0.5, 0.6) is 0 Å². The van der Waals surface area contributed by atoms with Crippen LogP contribution in [-0.4, -0.2) is 32.5 Å². The maximum absolute atomic E-state index is 11.8. The highest BCUT2D eigenvalue weighted by Crippen LogP contribution is 2.29. The van der Waals surface area contributed by atoms with Gasteiger partial charge in [0, 0.05) is 24.6 Å². The lowest BCUT2D eigenvalue weighted by atomic mass is 10.1. The van der Waals surface area contributed by atoms with Crippen molar-refractivity contribution >= 4 is 40.9 Å². The molecule has 1 heterocycles. The third kappa shape index (κ3) is 6.25. The normalized spacial score (nSPS) is 13.4. The van der Waals surface area contributed by atoms with Crippen LogP contribution in [0.15, 0.2) is 53.7 Å². The topological polar surface area (TPSA) is 59.8 Å². The second kappa shape index (κ2) is 10.5. The number of aromatic nitrogens is 3. The second-order valence-electron chi connectivity index (χ2n) is 7.64. The number of carbonyl (C=O) groups excluding carboxylic acids is 1. The van der Waals surface area contributed by atoms with Crippen LogP contribution < -0.4 is 5.32 Å². The Balaban J connectivity index is 1.44. The van der Waals surface area contributed by atoms with Crippen molar-refractivity contribution in [2.45, 2.75) is 49.7 Å². The molecule has 1 amide bonds. The van der Waals surface area contributed by atoms with Crippen molar-refractivity contribution in [3.63, 3.8) is 0 Å². The Bertz CT molecular complexity index is 1040. The molecule has 1 N–H and O–H groups in total. The molecule has 0 radical (unpaired) electrons. The van der Waals surface area contributed by atoms with Gasteiger partial charge in [-0.05, 0) is 49.4 Å². The van der Waals surface area contributed by atoms with Crippen LogP contribution in [0, 0.1) is 0 Å². The Hall–Kier alpha value is -2.02. The summed E-state index contributed by atoms with van der Waals surface area (Å²) in [5, 5.41) is 13.8. The summed E-state index contributed by atoms with van der Waals surface area (Å²) < 4.78 is 2.04. The molecule has 1 aliphatic carbocycles. The smallest absolute Gasteiger partial charge is 0.220 e. The van der Waals surface area contributed by atoms with E-state index in [2.05, 4.69) is 27.6 Å². The highest BCUT2D eigenvalue weighted by atomic mass is 35.5. The van der Waals surface area contributed by atoms with Crippen LogP contribution in [0.1, 0.15) is 43.5 Å². The van der Waals surface area contributed by atoms with E-state index in [1.54, 1.807) is 17.8 Å². The standard InChI is InChI=1S/C23H24Cl2N4OS/c24-19-12-11-18(15-20(19)25)29-21(14-16-6-2-1-3-7-16)27-28-23(29)31-13-5-4-8-22(30)26-17-9-10-17/h1-3,6-7,11-12,15,17H,4-5,8-10,13-14H2,(H,26,30). The van der Waals surface area contributed by atoms with Gasteiger partial charge in [0.2, 0.25) is 5.91 Å². The van der Waals surface area contributed by atoms with Crippen molar-refractivity contribution in [3.05, 3.63) is 70.0 Å². The Kier molecular flexibility index (Phi) is 7.54. The van der Waals surface area contributed by atoms with Crippen LogP contribution in [0.4, 0.5) is 0 Å². The number of unbranched alkanes of at least 4 members (excludes halogenated alkanes) is 1. The molecule has 1 fully saturated rings. The minimum atomic E-state index is 0.164. The van der Waals surface area contributed by atoms with Crippen molar-refractivity contribution in [2.24, 2.45) is 0 Å². The first kappa shape index (κ1) is 22.2. The fourth-order valence-corrected chi connectivity index (χ4v) is 4.51. The average molecular weight is 475 g/mol. The van der Waals surface area contributed by atoms with Gasteiger partial charge >= 0.3 is 0 Å². The number of benzene rings is 2. The molecule has 0 spiro atoms. The first-order valence-corrected chi connectivity index (χ1v) is 12.2. The number of thioether (sulfide) groups is 1. The quantitative estimate of drug-likeness (QED) is 0.302. The molecule has 1 aliphatic rings. The van der Waals surface area contributed by atoms with Gasteiger partial charge < -0.3 is 5.32 Å². The van der Waals surface area contributed by atoms with Crippen LogP contribution >= 0.6 is 35.0 Å². The maximum Gasteiger partial charge on any atom is 0.220 e. The lowest BCUT2D eigenvalue weighted by molar-refractivity contribution is -0.121.